The zero-order valence-electron chi connectivity index (χ0n) is 14.1. The highest BCUT2D eigenvalue weighted by molar-refractivity contribution is 5.83. The van der Waals surface area contributed by atoms with Crippen LogP contribution in [0.4, 0.5) is 0 Å². The largest absolute Gasteiger partial charge is 0.481 e. The molecule has 2 aliphatic rings. The number of carboxylic acids is 1. The van der Waals surface area contributed by atoms with E-state index in [1.54, 1.807) is 0 Å². The number of hydrogen-bond acceptors (Lipinski definition) is 3. The Balaban J connectivity index is 2.10. The summed E-state index contributed by atoms with van der Waals surface area (Å²) in [6.07, 6.45) is 4.24. The molecule has 0 saturated carbocycles. The van der Waals surface area contributed by atoms with Crippen molar-refractivity contribution < 1.29 is 14.7 Å². The molecule has 0 bridgehead atoms. The van der Waals surface area contributed by atoms with Crippen LogP contribution in [0.2, 0.25) is 0 Å². The van der Waals surface area contributed by atoms with E-state index in [-0.39, 0.29) is 23.8 Å². The second-order valence-corrected chi connectivity index (χ2v) is 7.40. The number of hydrogen-bond donors (Lipinski definition) is 1. The third-order valence-electron chi connectivity index (χ3n) is 4.99. The minimum atomic E-state index is -0.775. The van der Waals surface area contributed by atoms with Crippen molar-refractivity contribution in [2.45, 2.75) is 52.5 Å². The summed E-state index contributed by atoms with van der Waals surface area (Å²) in [5, 5.41) is 9.30. The molecule has 5 nitrogen and oxygen atoms in total. The normalized spacial score (nSPS) is 28.6. The van der Waals surface area contributed by atoms with Gasteiger partial charge in [-0.15, -0.1) is 0 Å². The van der Waals surface area contributed by atoms with E-state index >= 15 is 0 Å². The Morgan fingerprint density at radius 1 is 1.09 bits per heavy atom. The number of carbonyl (C=O) groups excluding carboxylic acids is 1. The van der Waals surface area contributed by atoms with Crippen molar-refractivity contribution in [3.63, 3.8) is 0 Å². The quantitative estimate of drug-likeness (QED) is 0.863. The van der Waals surface area contributed by atoms with E-state index in [9.17, 15) is 14.7 Å². The lowest BCUT2D eigenvalue weighted by Crippen LogP contribution is -2.56. The molecule has 0 aromatic heterocycles. The molecule has 5 heteroatoms. The molecule has 0 aromatic rings. The molecule has 2 heterocycles. The summed E-state index contributed by atoms with van der Waals surface area (Å²) in [4.78, 5) is 28.5. The monoisotopic (exact) mass is 310 g/mol. The number of rotatable bonds is 4. The fourth-order valence-corrected chi connectivity index (χ4v) is 3.96. The van der Waals surface area contributed by atoms with E-state index in [0.717, 1.165) is 25.9 Å². The topological polar surface area (TPSA) is 60.9 Å². The Labute approximate surface area is 133 Å². The summed E-state index contributed by atoms with van der Waals surface area (Å²) < 4.78 is 0. The van der Waals surface area contributed by atoms with Crippen LogP contribution in [0.25, 0.3) is 0 Å². The number of likely N-dealkylation sites (tertiary alicyclic amines) is 2. The average Bonchev–Trinajstić information content (AvgIpc) is 2.47. The molecule has 0 radical (unpaired) electrons. The Morgan fingerprint density at radius 3 is 2.27 bits per heavy atom. The number of carbonyl (C=O) groups is 2. The lowest BCUT2D eigenvalue weighted by atomic mass is 9.89. The summed E-state index contributed by atoms with van der Waals surface area (Å²) in [7, 11) is 0. The lowest BCUT2D eigenvalue weighted by molar-refractivity contribution is -0.149. The molecule has 0 aliphatic carbocycles. The van der Waals surface area contributed by atoms with Crippen LogP contribution < -0.4 is 0 Å². The highest BCUT2D eigenvalue weighted by atomic mass is 16.4. The van der Waals surface area contributed by atoms with Crippen LogP contribution in [0.15, 0.2) is 0 Å². The molecule has 0 spiro atoms. The fraction of sp³-hybridized carbons (Fsp3) is 0.882. The molecule has 2 rings (SSSR count). The van der Waals surface area contributed by atoms with Gasteiger partial charge in [0.2, 0.25) is 5.91 Å². The molecular weight excluding hydrogens is 280 g/mol. The minimum absolute atomic E-state index is 0.0972. The van der Waals surface area contributed by atoms with Gasteiger partial charge in [-0.25, -0.2) is 0 Å². The van der Waals surface area contributed by atoms with Crippen LogP contribution in [-0.4, -0.2) is 59.0 Å². The van der Waals surface area contributed by atoms with Crippen molar-refractivity contribution in [1.29, 1.82) is 0 Å². The molecule has 3 unspecified atom stereocenters. The Kier molecular flexibility index (Phi) is 5.84. The minimum Gasteiger partial charge on any atom is -0.481 e. The summed E-state index contributed by atoms with van der Waals surface area (Å²) in [6.45, 7) is 9.27. The van der Waals surface area contributed by atoms with Gasteiger partial charge in [0.15, 0.2) is 0 Å². The van der Waals surface area contributed by atoms with E-state index in [2.05, 4.69) is 18.7 Å². The van der Waals surface area contributed by atoms with Gasteiger partial charge in [-0.3, -0.25) is 14.5 Å². The van der Waals surface area contributed by atoms with Crippen molar-refractivity contribution in [1.82, 2.24) is 9.80 Å². The van der Waals surface area contributed by atoms with Crippen molar-refractivity contribution in [3.8, 4) is 0 Å². The van der Waals surface area contributed by atoms with Crippen LogP contribution in [0.3, 0.4) is 0 Å². The molecule has 1 N–H and O–H groups in total. The first-order valence-electron chi connectivity index (χ1n) is 8.65. The Bertz CT molecular complexity index is 405. The van der Waals surface area contributed by atoms with Crippen LogP contribution >= 0.6 is 0 Å². The number of carboxylic acid groups (broad SMARTS) is 1. The third kappa shape index (κ3) is 4.00. The van der Waals surface area contributed by atoms with Gasteiger partial charge in [0.05, 0.1) is 12.0 Å². The molecule has 0 aromatic carbocycles. The van der Waals surface area contributed by atoms with Crippen LogP contribution in [0, 0.1) is 17.8 Å². The van der Waals surface area contributed by atoms with Crippen LogP contribution in [-0.2, 0) is 9.59 Å². The zero-order valence-corrected chi connectivity index (χ0v) is 14.1. The highest BCUT2D eigenvalue weighted by Crippen LogP contribution is 2.25. The van der Waals surface area contributed by atoms with Gasteiger partial charge in [-0.2, -0.15) is 0 Å². The average molecular weight is 310 g/mol. The van der Waals surface area contributed by atoms with E-state index in [1.165, 1.54) is 6.42 Å². The van der Waals surface area contributed by atoms with Gasteiger partial charge >= 0.3 is 5.97 Å². The van der Waals surface area contributed by atoms with E-state index in [1.807, 2.05) is 11.8 Å². The van der Waals surface area contributed by atoms with Gasteiger partial charge in [-0.1, -0.05) is 27.2 Å². The number of aliphatic carboxylic acids is 1. The zero-order chi connectivity index (χ0) is 16.3. The fourth-order valence-electron chi connectivity index (χ4n) is 3.96. The van der Waals surface area contributed by atoms with Gasteiger partial charge in [0.1, 0.15) is 0 Å². The van der Waals surface area contributed by atoms with Gasteiger partial charge in [-0.05, 0) is 44.2 Å². The molecule has 2 fully saturated rings. The van der Waals surface area contributed by atoms with Crippen molar-refractivity contribution in [3.05, 3.63) is 0 Å². The summed E-state index contributed by atoms with van der Waals surface area (Å²) in [5.74, 6) is -0.543. The predicted octanol–water partition coefficient (Wildman–Crippen LogP) is 2.07. The maximum Gasteiger partial charge on any atom is 0.308 e. The third-order valence-corrected chi connectivity index (χ3v) is 4.99. The first kappa shape index (κ1) is 17.3. The second-order valence-electron chi connectivity index (χ2n) is 7.40. The van der Waals surface area contributed by atoms with Gasteiger partial charge in [0.25, 0.3) is 0 Å². The second kappa shape index (κ2) is 7.44. The molecule has 3 atom stereocenters. The predicted molar refractivity (Wildman–Crippen MR) is 85.5 cm³/mol. The number of piperidine rings is 2. The van der Waals surface area contributed by atoms with Crippen molar-refractivity contribution >= 4 is 11.9 Å². The molecule has 2 saturated heterocycles. The van der Waals surface area contributed by atoms with Crippen molar-refractivity contribution in [2.24, 2.45) is 17.8 Å². The molecule has 22 heavy (non-hydrogen) atoms. The van der Waals surface area contributed by atoms with Gasteiger partial charge in [0, 0.05) is 13.1 Å². The maximum absolute atomic E-state index is 13.0. The molecule has 126 valence electrons. The van der Waals surface area contributed by atoms with Crippen LogP contribution in [0.5, 0.6) is 0 Å². The molecule has 1 amide bonds. The lowest BCUT2D eigenvalue weighted by Gasteiger charge is -2.42. The SMILES string of the molecule is CC1CC(C(=O)O)CN(C(=O)C(C(C)C)N2CCCCC2)C1. The van der Waals surface area contributed by atoms with Crippen molar-refractivity contribution in [2.75, 3.05) is 26.2 Å². The maximum atomic E-state index is 13.0. The van der Waals surface area contributed by atoms with E-state index in [0.29, 0.717) is 19.5 Å². The van der Waals surface area contributed by atoms with Gasteiger partial charge < -0.3 is 10.0 Å². The van der Waals surface area contributed by atoms with Crippen LogP contribution in [0.1, 0.15) is 46.5 Å². The summed E-state index contributed by atoms with van der Waals surface area (Å²) in [6, 6.07) is -0.0972. The highest BCUT2D eigenvalue weighted by Gasteiger charge is 2.37. The molecular formula is C17H30N2O3. The van der Waals surface area contributed by atoms with E-state index in [4.69, 9.17) is 0 Å². The smallest absolute Gasteiger partial charge is 0.308 e. The first-order chi connectivity index (χ1) is 10.4. The van der Waals surface area contributed by atoms with E-state index < -0.39 is 11.9 Å². The summed E-state index contributed by atoms with van der Waals surface area (Å²) in [5.41, 5.74) is 0. The molecule has 2 aliphatic heterocycles. The standard InChI is InChI=1S/C17H30N2O3/c1-12(2)15(18-7-5-4-6-8-18)16(20)19-10-13(3)9-14(11-19)17(21)22/h12-15H,4-11H2,1-3H3,(H,21,22). The Morgan fingerprint density at radius 2 is 1.73 bits per heavy atom. The number of nitrogens with zero attached hydrogens (tertiary/aromatic N) is 2. The number of amides is 1. The first-order valence-corrected chi connectivity index (χ1v) is 8.65. The Hall–Kier alpha value is -1.10. The summed E-state index contributed by atoms with van der Waals surface area (Å²) >= 11 is 0.